The Balaban J connectivity index is 0.00000196. The van der Waals surface area contributed by atoms with E-state index < -0.39 is 0 Å². The fourth-order valence-electron chi connectivity index (χ4n) is 1.49. The first-order valence-electron chi connectivity index (χ1n) is 5.25. The third kappa shape index (κ3) is 5.14. The normalized spacial score (nSPS) is 11.9. The number of benzene rings is 1. The van der Waals surface area contributed by atoms with Crippen molar-refractivity contribution in [3.05, 3.63) is 35.6 Å². The van der Waals surface area contributed by atoms with Gasteiger partial charge in [-0.05, 0) is 24.1 Å². The molecule has 1 rings (SSSR count). The van der Waals surface area contributed by atoms with Crippen LogP contribution in [0.4, 0.5) is 4.39 Å². The van der Waals surface area contributed by atoms with E-state index in [-0.39, 0.29) is 24.3 Å². The fourth-order valence-corrected chi connectivity index (χ4v) is 1.49. The Hall–Kier alpha value is -0.600. The minimum absolute atomic E-state index is 0. The molecule has 15 heavy (non-hydrogen) atoms. The summed E-state index contributed by atoms with van der Waals surface area (Å²) in [6, 6.07) is 6.53. The van der Waals surface area contributed by atoms with Crippen LogP contribution in [0.3, 0.4) is 0 Å². The molecule has 1 aromatic carbocycles. The SMILES string of the molecule is CCCCC[C@@H](N)c1ccc(F)cc1.Cl. The fraction of sp³-hybridized carbons (Fsp3) is 0.500. The highest BCUT2D eigenvalue weighted by atomic mass is 35.5. The van der Waals surface area contributed by atoms with Crippen molar-refractivity contribution in [3.63, 3.8) is 0 Å². The number of hydrogen-bond donors (Lipinski definition) is 1. The van der Waals surface area contributed by atoms with E-state index in [1.165, 1.54) is 25.0 Å². The van der Waals surface area contributed by atoms with Gasteiger partial charge in [0.1, 0.15) is 5.82 Å². The van der Waals surface area contributed by atoms with Gasteiger partial charge in [0.2, 0.25) is 0 Å². The maximum Gasteiger partial charge on any atom is 0.123 e. The van der Waals surface area contributed by atoms with Crippen LogP contribution in [-0.2, 0) is 0 Å². The lowest BCUT2D eigenvalue weighted by atomic mass is 10.0. The Bertz CT molecular complexity index is 261. The smallest absolute Gasteiger partial charge is 0.123 e. The molecular formula is C12H19ClFN. The molecule has 1 aromatic rings. The third-order valence-electron chi connectivity index (χ3n) is 2.42. The van der Waals surface area contributed by atoms with Gasteiger partial charge < -0.3 is 5.73 Å². The molecule has 0 saturated heterocycles. The van der Waals surface area contributed by atoms with Crippen molar-refractivity contribution in [2.45, 2.75) is 38.6 Å². The summed E-state index contributed by atoms with van der Waals surface area (Å²) >= 11 is 0. The van der Waals surface area contributed by atoms with Crippen LogP contribution in [0.2, 0.25) is 0 Å². The van der Waals surface area contributed by atoms with Crippen LogP contribution in [0, 0.1) is 5.82 Å². The van der Waals surface area contributed by atoms with Gasteiger partial charge in [0.15, 0.2) is 0 Å². The molecule has 0 amide bonds. The minimum Gasteiger partial charge on any atom is -0.324 e. The standard InChI is InChI=1S/C12H18FN.ClH/c1-2-3-4-5-12(14)10-6-8-11(13)9-7-10;/h6-9,12H,2-5,14H2,1H3;1H/t12-;/m1./s1. The first-order chi connectivity index (χ1) is 6.74. The molecule has 0 aliphatic heterocycles. The van der Waals surface area contributed by atoms with Crippen molar-refractivity contribution in [2.75, 3.05) is 0 Å². The van der Waals surface area contributed by atoms with Crippen LogP contribution < -0.4 is 5.73 Å². The molecule has 0 unspecified atom stereocenters. The molecule has 0 aliphatic carbocycles. The molecule has 0 radical (unpaired) electrons. The largest absolute Gasteiger partial charge is 0.324 e. The molecule has 0 aromatic heterocycles. The van der Waals surface area contributed by atoms with Crippen molar-refractivity contribution in [1.29, 1.82) is 0 Å². The molecule has 1 atom stereocenters. The minimum atomic E-state index is -0.200. The van der Waals surface area contributed by atoms with Crippen molar-refractivity contribution in [2.24, 2.45) is 5.73 Å². The Kier molecular flexibility index (Phi) is 7.35. The van der Waals surface area contributed by atoms with Crippen molar-refractivity contribution < 1.29 is 4.39 Å². The van der Waals surface area contributed by atoms with Crippen LogP contribution in [-0.4, -0.2) is 0 Å². The van der Waals surface area contributed by atoms with Gasteiger partial charge in [0, 0.05) is 6.04 Å². The Morgan fingerprint density at radius 3 is 2.33 bits per heavy atom. The molecule has 0 heterocycles. The summed E-state index contributed by atoms with van der Waals surface area (Å²) in [7, 11) is 0. The maximum atomic E-state index is 12.6. The zero-order valence-electron chi connectivity index (χ0n) is 9.08. The Morgan fingerprint density at radius 2 is 1.80 bits per heavy atom. The highest BCUT2D eigenvalue weighted by Crippen LogP contribution is 2.17. The van der Waals surface area contributed by atoms with Crippen molar-refractivity contribution >= 4 is 12.4 Å². The predicted molar refractivity (Wildman–Crippen MR) is 64.7 cm³/mol. The zero-order chi connectivity index (χ0) is 10.4. The summed E-state index contributed by atoms with van der Waals surface area (Å²) < 4.78 is 12.6. The van der Waals surface area contributed by atoms with Gasteiger partial charge in [0.25, 0.3) is 0 Å². The Morgan fingerprint density at radius 1 is 1.20 bits per heavy atom. The highest BCUT2D eigenvalue weighted by molar-refractivity contribution is 5.85. The summed E-state index contributed by atoms with van der Waals surface area (Å²) in [6.07, 6.45) is 4.56. The lowest BCUT2D eigenvalue weighted by molar-refractivity contribution is 0.578. The van der Waals surface area contributed by atoms with Gasteiger partial charge in [-0.2, -0.15) is 0 Å². The Labute approximate surface area is 97.3 Å². The molecular weight excluding hydrogens is 213 g/mol. The van der Waals surface area contributed by atoms with Gasteiger partial charge in [-0.3, -0.25) is 0 Å². The lowest BCUT2D eigenvalue weighted by Gasteiger charge is -2.11. The first kappa shape index (κ1) is 14.4. The van der Waals surface area contributed by atoms with Gasteiger partial charge in [0.05, 0.1) is 0 Å². The number of hydrogen-bond acceptors (Lipinski definition) is 1. The van der Waals surface area contributed by atoms with Crippen molar-refractivity contribution in [1.82, 2.24) is 0 Å². The van der Waals surface area contributed by atoms with Crippen LogP contribution >= 0.6 is 12.4 Å². The van der Waals surface area contributed by atoms with Crippen LogP contribution in [0.25, 0.3) is 0 Å². The summed E-state index contributed by atoms with van der Waals surface area (Å²) in [5.41, 5.74) is 6.99. The quantitative estimate of drug-likeness (QED) is 0.766. The highest BCUT2D eigenvalue weighted by Gasteiger charge is 2.04. The van der Waals surface area contributed by atoms with E-state index >= 15 is 0 Å². The van der Waals surface area contributed by atoms with Gasteiger partial charge >= 0.3 is 0 Å². The summed E-state index contributed by atoms with van der Waals surface area (Å²) in [6.45, 7) is 2.17. The molecule has 86 valence electrons. The number of unbranched alkanes of at least 4 members (excludes halogenated alkanes) is 2. The summed E-state index contributed by atoms with van der Waals surface area (Å²) in [5.74, 6) is -0.200. The maximum absolute atomic E-state index is 12.6. The first-order valence-corrected chi connectivity index (χ1v) is 5.25. The van der Waals surface area contributed by atoms with Gasteiger partial charge in [-0.25, -0.2) is 4.39 Å². The van der Waals surface area contributed by atoms with E-state index in [1.807, 2.05) is 0 Å². The van der Waals surface area contributed by atoms with Crippen LogP contribution in [0.15, 0.2) is 24.3 Å². The topological polar surface area (TPSA) is 26.0 Å². The second-order valence-electron chi connectivity index (χ2n) is 3.65. The van der Waals surface area contributed by atoms with E-state index in [0.29, 0.717) is 0 Å². The van der Waals surface area contributed by atoms with Gasteiger partial charge in [-0.15, -0.1) is 12.4 Å². The lowest BCUT2D eigenvalue weighted by Crippen LogP contribution is -2.09. The number of rotatable bonds is 5. The van der Waals surface area contributed by atoms with Crippen LogP contribution in [0.5, 0.6) is 0 Å². The van der Waals surface area contributed by atoms with Gasteiger partial charge in [-0.1, -0.05) is 38.3 Å². The predicted octanol–water partition coefficient (Wildman–Crippen LogP) is 3.83. The number of halogens is 2. The van der Waals surface area contributed by atoms with Crippen molar-refractivity contribution in [3.8, 4) is 0 Å². The van der Waals surface area contributed by atoms with E-state index in [9.17, 15) is 4.39 Å². The molecule has 0 fully saturated rings. The van der Waals surface area contributed by atoms with E-state index in [2.05, 4.69) is 6.92 Å². The van der Waals surface area contributed by atoms with E-state index in [4.69, 9.17) is 5.73 Å². The third-order valence-corrected chi connectivity index (χ3v) is 2.42. The molecule has 3 heteroatoms. The zero-order valence-corrected chi connectivity index (χ0v) is 9.90. The molecule has 0 aliphatic rings. The summed E-state index contributed by atoms with van der Waals surface area (Å²) in [5, 5.41) is 0. The molecule has 0 spiro atoms. The molecule has 0 bridgehead atoms. The molecule has 2 N–H and O–H groups in total. The second-order valence-corrected chi connectivity index (χ2v) is 3.65. The average molecular weight is 232 g/mol. The monoisotopic (exact) mass is 231 g/mol. The van der Waals surface area contributed by atoms with E-state index in [1.54, 1.807) is 12.1 Å². The summed E-state index contributed by atoms with van der Waals surface area (Å²) in [4.78, 5) is 0. The average Bonchev–Trinajstić information content (AvgIpc) is 2.19. The second kappa shape index (κ2) is 7.66. The molecule has 1 nitrogen and oxygen atoms in total. The molecule has 0 saturated carbocycles. The number of nitrogens with two attached hydrogens (primary N) is 1. The van der Waals surface area contributed by atoms with Crippen LogP contribution in [0.1, 0.15) is 44.2 Å². The van der Waals surface area contributed by atoms with E-state index in [0.717, 1.165) is 18.4 Å².